The van der Waals surface area contributed by atoms with Crippen LogP contribution >= 0.6 is 0 Å². The summed E-state index contributed by atoms with van der Waals surface area (Å²) in [6, 6.07) is 1.54. The Bertz CT molecular complexity index is 238. The molecule has 18 heavy (non-hydrogen) atoms. The Hall–Kier alpha value is -0.0400. The topological polar surface area (TPSA) is 12.0 Å². The van der Waals surface area contributed by atoms with Gasteiger partial charge in [-0.25, -0.2) is 0 Å². The third-order valence-electron chi connectivity index (χ3n) is 5.51. The van der Waals surface area contributed by atoms with Crippen LogP contribution in [-0.2, 0) is 0 Å². The van der Waals surface area contributed by atoms with Crippen LogP contribution < -0.4 is 5.32 Å². The predicted octanol–water partition coefficient (Wildman–Crippen LogP) is 4.76. The smallest absolute Gasteiger partial charge is 0.00723 e. The van der Waals surface area contributed by atoms with Crippen LogP contribution in [0.2, 0.25) is 0 Å². The lowest BCUT2D eigenvalue weighted by Crippen LogP contribution is -2.43. The van der Waals surface area contributed by atoms with E-state index in [1.165, 1.54) is 57.8 Å². The van der Waals surface area contributed by atoms with E-state index in [2.05, 4.69) is 26.1 Å². The molecule has 0 aliphatic heterocycles. The summed E-state index contributed by atoms with van der Waals surface area (Å²) in [5.74, 6) is 3.01. The van der Waals surface area contributed by atoms with Gasteiger partial charge >= 0.3 is 0 Å². The van der Waals surface area contributed by atoms with Crippen LogP contribution in [0.4, 0.5) is 0 Å². The van der Waals surface area contributed by atoms with Crippen LogP contribution in [0.25, 0.3) is 0 Å². The van der Waals surface area contributed by atoms with Crippen LogP contribution in [0.3, 0.4) is 0 Å². The summed E-state index contributed by atoms with van der Waals surface area (Å²) in [6.45, 7) is 7.08. The molecular formula is C17H33N. The SMILES string of the molecule is CCC(C)CC(C)NC1CCC2CCCCC2C1. The molecule has 0 aromatic carbocycles. The van der Waals surface area contributed by atoms with Crippen molar-refractivity contribution in [3.63, 3.8) is 0 Å². The van der Waals surface area contributed by atoms with E-state index in [0.29, 0.717) is 6.04 Å². The van der Waals surface area contributed by atoms with Crippen molar-refractivity contribution in [2.24, 2.45) is 17.8 Å². The number of rotatable bonds is 5. The lowest BCUT2D eigenvalue weighted by Gasteiger charge is -2.40. The monoisotopic (exact) mass is 251 g/mol. The summed E-state index contributed by atoms with van der Waals surface area (Å²) in [7, 11) is 0. The lowest BCUT2D eigenvalue weighted by molar-refractivity contribution is 0.137. The molecule has 5 unspecified atom stereocenters. The fourth-order valence-corrected chi connectivity index (χ4v) is 4.27. The minimum absolute atomic E-state index is 0.713. The highest BCUT2D eigenvalue weighted by atomic mass is 14.9. The van der Waals surface area contributed by atoms with Gasteiger partial charge in [0.2, 0.25) is 0 Å². The van der Waals surface area contributed by atoms with Gasteiger partial charge in [-0.3, -0.25) is 0 Å². The molecule has 2 rings (SSSR count). The van der Waals surface area contributed by atoms with Crippen LogP contribution in [0.1, 0.15) is 78.6 Å². The van der Waals surface area contributed by atoms with Gasteiger partial charge in [-0.1, -0.05) is 46.0 Å². The van der Waals surface area contributed by atoms with Crippen molar-refractivity contribution in [1.82, 2.24) is 5.32 Å². The Morgan fingerprint density at radius 3 is 2.44 bits per heavy atom. The average Bonchev–Trinajstić information content (AvgIpc) is 2.38. The third kappa shape index (κ3) is 3.98. The van der Waals surface area contributed by atoms with Gasteiger partial charge in [-0.05, 0) is 50.4 Å². The first-order valence-corrected chi connectivity index (χ1v) is 8.45. The van der Waals surface area contributed by atoms with Gasteiger partial charge in [0.15, 0.2) is 0 Å². The third-order valence-corrected chi connectivity index (χ3v) is 5.51. The molecule has 0 radical (unpaired) electrons. The molecular weight excluding hydrogens is 218 g/mol. The number of hydrogen-bond acceptors (Lipinski definition) is 1. The second-order valence-corrected chi connectivity index (χ2v) is 7.13. The maximum atomic E-state index is 3.92. The minimum Gasteiger partial charge on any atom is -0.311 e. The van der Waals surface area contributed by atoms with Gasteiger partial charge in [0.05, 0.1) is 0 Å². The van der Waals surface area contributed by atoms with Crippen molar-refractivity contribution >= 4 is 0 Å². The summed E-state index contributed by atoms with van der Waals surface area (Å²) < 4.78 is 0. The van der Waals surface area contributed by atoms with Crippen LogP contribution in [0.15, 0.2) is 0 Å². The molecule has 106 valence electrons. The van der Waals surface area contributed by atoms with Gasteiger partial charge in [0.25, 0.3) is 0 Å². The molecule has 0 heterocycles. The molecule has 2 aliphatic rings. The molecule has 1 heteroatoms. The summed E-state index contributed by atoms with van der Waals surface area (Å²) in [6.07, 6.45) is 13.1. The van der Waals surface area contributed by atoms with E-state index in [1.54, 1.807) is 0 Å². The van der Waals surface area contributed by atoms with Crippen LogP contribution in [0.5, 0.6) is 0 Å². The van der Waals surface area contributed by atoms with Gasteiger partial charge in [-0.15, -0.1) is 0 Å². The first kappa shape index (κ1) is 14.4. The Morgan fingerprint density at radius 1 is 1.00 bits per heavy atom. The minimum atomic E-state index is 0.713. The van der Waals surface area contributed by atoms with Gasteiger partial charge in [-0.2, -0.15) is 0 Å². The molecule has 5 atom stereocenters. The molecule has 2 aliphatic carbocycles. The van der Waals surface area contributed by atoms with Crippen molar-refractivity contribution in [1.29, 1.82) is 0 Å². The molecule has 2 saturated carbocycles. The fraction of sp³-hybridized carbons (Fsp3) is 1.00. The second-order valence-electron chi connectivity index (χ2n) is 7.13. The maximum absolute atomic E-state index is 3.92. The Morgan fingerprint density at radius 2 is 1.72 bits per heavy atom. The van der Waals surface area contributed by atoms with Crippen LogP contribution in [0, 0.1) is 17.8 Å². The van der Waals surface area contributed by atoms with Gasteiger partial charge < -0.3 is 5.32 Å². The summed E-state index contributed by atoms with van der Waals surface area (Å²) in [5, 5.41) is 3.92. The van der Waals surface area contributed by atoms with E-state index in [0.717, 1.165) is 23.8 Å². The summed E-state index contributed by atoms with van der Waals surface area (Å²) in [5.41, 5.74) is 0. The van der Waals surface area contributed by atoms with Gasteiger partial charge in [0.1, 0.15) is 0 Å². The Labute approximate surface area is 114 Å². The zero-order valence-corrected chi connectivity index (χ0v) is 12.8. The van der Waals surface area contributed by atoms with Crippen molar-refractivity contribution in [3.05, 3.63) is 0 Å². The highest BCUT2D eigenvalue weighted by Gasteiger charge is 2.32. The van der Waals surface area contributed by atoms with Crippen LogP contribution in [-0.4, -0.2) is 12.1 Å². The zero-order valence-electron chi connectivity index (χ0n) is 12.8. The molecule has 0 aromatic heterocycles. The highest BCUT2D eigenvalue weighted by molar-refractivity contribution is 4.87. The van der Waals surface area contributed by atoms with Crippen molar-refractivity contribution < 1.29 is 0 Å². The largest absolute Gasteiger partial charge is 0.311 e. The second kappa shape index (κ2) is 6.93. The van der Waals surface area contributed by atoms with Crippen molar-refractivity contribution in [2.45, 2.75) is 90.6 Å². The predicted molar refractivity (Wildman–Crippen MR) is 79.8 cm³/mol. The lowest BCUT2D eigenvalue weighted by atomic mass is 9.69. The maximum Gasteiger partial charge on any atom is 0.00723 e. The van der Waals surface area contributed by atoms with E-state index < -0.39 is 0 Å². The van der Waals surface area contributed by atoms with E-state index >= 15 is 0 Å². The first-order valence-electron chi connectivity index (χ1n) is 8.45. The Balaban J connectivity index is 1.73. The molecule has 2 fully saturated rings. The first-order chi connectivity index (χ1) is 8.69. The van der Waals surface area contributed by atoms with Gasteiger partial charge in [0, 0.05) is 12.1 Å². The summed E-state index contributed by atoms with van der Waals surface area (Å²) in [4.78, 5) is 0. The zero-order chi connectivity index (χ0) is 13.0. The molecule has 0 amide bonds. The Kier molecular flexibility index (Phi) is 5.54. The average molecular weight is 251 g/mol. The van der Waals surface area contributed by atoms with Crippen molar-refractivity contribution in [2.75, 3.05) is 0 Å². The van der Waals surface area contributed by atoms with Crippen molar-refractivity contribution in [3.8, 4) is 0 Å². The van der Waals surface area contributed by atoms with E-state index in [1.807, 2.05) is 0 Å². The highest BCUT2D eigenvalue weighted by Crippen LogP contribution is 2.40. The normalized spacial score (nSPS) is 35.8. The quantitative estimate of drug-likeness (QED) is 0.743. The fourth-order valence-electron chi connectivity index (χ4n) is 4.27. The molecule has 0 aromatic rings. The number of fused-ring (bicyclic) bond motifs is 1. The molecule has 1 N–H and O–H groups in total. The molecule has 0 spiro atoms. The molecule has 1 nitrogen and oxygen atoms in total. The van der Waals surface area contributed by atoms with E-state index in [-0.39, 0.29) is 0 Å². The molecule has 0 saturated heterocycles. The number of nitrogens with one attached hydrogen (secondary N) is 1. The van der Waals surface area contributed by atoms with E-state index in [9.17, 15) is 0 Å². The number of hydrogen-bond donors (Lipinski definition) is 1. The molecule has 0 bridgehead atoms. The summed E-state index contributed by atoms with van der Waals surface area (Å²) >= 11 is 0. The van der Waals surface area contributed by atoms with E-state index in [4.69, 9.17) is 0 Å². The standard InChI is InChI=1S/C17H33N/c1-4-13(2)11-14(3)18-17-10-9-15-7-5-6-8-16(15)12-17/h13-18H,4-12H2,1-3H3.